The number of H-pyrrole nitrogens is 2. The van der Waals surface area contributed by atoms with E-state index in [4.69, 9.17) is 4.42 Å². The van der Waals surface area contributed by atoms with Crippen LogP contribution in [0.25, 0.3) is 39.4 Å². The molecule has 0 saturated carbocycles. The Hall–Kier alpha value is -3.75. The molecule has 2 N–H and O–H groups in total. The van der Waals surface area contributed by atoms with Gasteiger partial charge in [-0.25, -0.2) is 4.98 Å². The first-order valence-corrected chi connectivity index (χ1v) is 8.10. The van der Waals surface area contributed by atoms with Crippen molar-refractivity contribution in [3.8, 4) is 22.7 Å². The molecule has 0 bridgehead atoms. The number of hydrogen-bond donors (Lipinski definition) is 2. The van der Waals surface area contributed by atoms with Crippen molar-refractivity contribution in [3.05, 3.63) is 52.8 Å². The van der Waals surface area contributed by atoms with Gasteiger partial charge in [-0.3, -0.25) is 9.89 Å². The van der Waals surface area contributed by atoms with Gasteiger partial charge in [0.1, 0.15) is 16.8 Å². The second kappa shape index (κ2) is 5.38. The number of aromatic amines is 2. The molecule has 0 spiro atoms. The van der Waals surface area contributed by atoms with Crippen LogP contribution < -0.4 is 5.56 Å². The van der Waals surface area contributed by atoms with Crippen LogP contribution in [0.4, 0.5) is 0 Å². The Morgan fingerprint density at radius 1 is 1.23 bits per heavy atom. The average molecular weight is 347 g/mol. The highest BCUT2D eigenvalue weighted by molar-refractivity contribution is 5.81. The lowest BCUT2D eigenvalue weighted by Gasteiger charge is -2.03. The number of fused-ring (bicyclic) bond motifs is 2. The molecule has 0 radical (unpaired) electrons. The van der Waals surface area contributed by atoms with Crippen molar-refractivity contribution in [1.29, 1.82) is 0 Å². The van der Waals surface area contributed by atoms with E-state index in [-0.39, 0.29) is 5.56 Å². The van der Waals surface area contributed by atoms with Crippen LogP contribution in [0.15, 0.2) is 45.9 Å². The van der Waals surface area contributed by atoms with Gasteiger partial charge < -0.3 is 9.40 Å². The smallest absolute Gasteiger partial charge is 0.274 e. The molecule has 26 heavy (non-hydrogen) atoms. The Balaban J connectivity index is 1.71. The number of rotatable bonds is 3. The van der Waals surface area contributed by atoms with Gasteiger partial charge in [0.2, 0.25) is 5.89 Å². The Bertz CT molecular complexity index is 1310. The monoisotopic (exact) mass is 347 g/mol. The predicted octanol–water partition coefficient (Wildman–Crippen LogP) is 2.18. The molecular formula is C17H13N7O2. The highest BCUT2D eigenvalue weighted by Crippen LogP contribution is 2.25. The van der Waals surface area contributed by atoms with Gasteiger partial charge in [-0.05, 0) is 12.1 Å². The van der Waals surface area contributed by atoms with Gasteiger partial charge in [0.25, 0.3) is 5.56 Å². The van der Waals surface area contributed by atoms with Gasteiger partial charge in [-0.2, -0.15) is 9.61 Å². The van der Waals surface area contributed by atoms with E-state index < -0.39 is 0 Å². The molecule has 9 heteroatoms. The van der Waals surface area contributed by atoms with Crippen LogP contribution in [-0.4, -0.2) is 35.0 Å². The van der Waals surface area contributed by atoms with Gasteiger partial charge in [-0.15, -0.1) is 5.10 Å². The summed E-state index contributed by atoms with van der Waals surface area (Å²) in [6.45, 7) is 1.99. The zero-order chi connectivity index (χ0) is 17.7. The van der Waals surface area contributed by atoms with Gasteiger partial charge in [-0.1, -0.05) is 18.2 Å². The van der Waals surface area contributed by atoms with E-state index >= 15 is 0 Å². The minimum absolute atomic E-state index is 0.248. The molecule has 5 aromatic rings. The van der Waals surface area contributed by atoms with E-state index in [1.54, 1.807) is 12.4 Å². The first-order valence-electron chi connectivity index (χ1n) is 8.10. The molecule has 128 valence electrons. The summed E-state index contributed by atoms with van der Waals surface area (Å²) in [5, 5.41) is 14.8. The van der Waals surface area contributed by atoms with Gasteiger partial charge >= 0.3 is 0 Å². The largest absolute Gasteiger partial charge is 0.441 e. The fourth-order valence-corrected chi connectivity index (χ4v) is 2.90. The summed E-state index contributed by atoms with van der Waals surface area (Å²) >= 11 is 0. The first-order chi connectivity index (χ1) is 12.7. The standard InChI is InChI=1S/C17H13N7O2/c1-2-10-7-18-17(26-10)11-8-19-24-15(25)6-13(20-16(11)24)9-3-4-12-14(5-9)22-23-21-12/h3-8,20H,2H2,1H3,(H,21,22,23). The average Bonchev–Trinajstić information content (AvgIpc) is 3.39. The third-order valence-electron chi connectivity index (χ3n) is 4.27. The van der Waals surface area contributed by atoms with Crippen LogP contribution in [0.2, 0.25) is 0 Å². The van der Waals surface area contributed by atoms with Crippen LogP contribution in [-0.2, 0) is 6.42 Å². The number of aryl methyl sites for hydroxylation is 1. The van der Waals surface area contributed by atoms with Crippen LogP contribution in [0.5, 0.6) is 0 Å². The van der Waals surface area contributed by atoms with Crippen LogP contribution in [0, 0.1) is 0 Å². The predicted molar refractivity (Wildman–Crippen MR) is 93.6 cm³/mol. The lowest BCUT2D eigenvalue weighted by molar-refractivity contribution is 0.525. The van der Waals surface area contributed by atoms with Crippen molar-refractivity contribution in [2.24, 2.45) is 0 Å². The first kappa shape index (κ1) is 14.6. The third kappa shape index (κ3) is 2.14. The topological polar surface area (TPSA) is 118 Å². The van der Waals surface area contributed by atoms with Crippen molar-refractivity contribution in [2.45, 2.75) is 13.3 Å². The zero-order valence-corrected chi connectivity index (χ0v) is 13.7. The molecule has 4 heterocycles. The second-order valence-corrected chi connectivity index (χ2v) is 5.87. The molecular weight excluding hydrogens is 334 g/mol. The number of nitrogens with one attached hydrogen (secondary N) is 2. The molecule has 0 unspecified atom stereocenters. The van der Waals surface area contributed by atoms with Crippen LogP contribution >= 0.6 is 0 Å². The molecule has 0 atom stereocenters. The van der Waals surface area contributed by atoms with E-state index in [0.717, 1.165) is 28.8 Å². The fourth-order valence-electron chi connectivity index (χ4n) is 2.90. The van der Waals surface area contributed by atoms with E-state index in [9.17, 15) is 4.79 Å². The third-order valence-corrected chi connectivity index (χ3v) is 4.27. The molecule has 0 aliphatic heterocycles. The van der Waals surface area contributed by atoms with Crippen LogP contribution in [0.3, 0.4) is 0 Å². The number of aromatic nitrogens is 7. The Kier molecular flexibility index (Phi) is 3.02. The number of oxazole rings is 1. The minimum atomic E-state index is -0.248. The minimum Gasteiger partial charge on any atom is -0.441 e. The fraction of sp³-hybridized carbons (Fsp3) is 0.118. The lowest BCUT2D eigenvalue weighted by atomic mass is 10.1. The molecule has 0 aliphatic carbocycles. The number of benzene rings is 1. The Labute approximate surface area is 145 Å². The summed E-state index contributed by atoms with van der Waals surface area (Å²) in [7, 11) is 0. The van der Waals surface area contributed by atoms with Gasteiger partial charge in [0.05, 0.1) is 23.6 Å². The Morgan fingerprint density at radius 2 is 2.15 bits per heavy atom. The van der Waals surface area contributed by atoms with E-state index in [1.165, 1.54) is 10.6 Å². The molecule has 0 saturated heterocycles. The zero-order valence-electron chi connectivity index (χ0n) is 13.7. The van der Waals surface area contributed by atoms with Gasteiger partial charge in [0, 0.05) is 18.1 Å². The molecule has 5 rings (SSSR count). The maximum absolute atomic E-state index is 12.5. The van der Waals surface area contributed by atoms with Crippen molar-refractivity contribution in [2.75, 3.05) is 0 Å². The van der Waals surface area contributed by atoms with E-state index in [1.807, 2.05) is 25.1 Å². The summed E-state index contributed by atoms with van der Waals surface area (Å²) in [5.74, 6) is 1.20. The van der Waals surface area contributed by atoms with Crippen molar-refractivity contribution in [1.82, 2.24) is 35.0 Å². The van der Waals surface area contributed by atoms with Gasteiger partial charge in [0.15, 0.2) is 5.65 Å². The van der Waals surface area contributed by atoms with Crippen molar-refractivity contribution >= 4 is 16.7 Å². The molecule has 9 nitrogen and oxygen atoms in total. The molecule has 0 amide bonds. The van der Waals surface area contributed by atoms with Crippen molar-refractivity contribution in [3.63, 3.8) is 0 Å². The Morgan fingerprint density at radius 3 is 3.00 bits per heavy atom. The molecule has 0 fully saturated rings. The highest BCUT2D eigenvalue weighted by atomic mass is 16.4. The maximum Gasteiger partial charge on any atom is 0.274 e. The van der Waals surface area contributed by atoms with Crippen molar-refractivity contribution < 1.29 is 4.42 Å². The SMILES string of the molecule is CCc1cnc(-c2cnn3c(=O)cc(-c4ccc5[nH]nnc5c4)[nH]c23)o1. The maximum atomic E-state index is 12.5. The summed E-state index contributed by atoms with van der Waals surface area (Å²) in [5.41, 5.74) is 3.92. The van der Waals surface area contributed by atoms with E-state index in [2.05, 4.69) is 30.5 Å². The summed E-state index contributed by atoms with van der Waals surface area (Å²) in [6.07, 6.45) is 3.99. The lowest BCUT2D eigenvalue weighted by Crippen LogP contribution is -2.14. The second-order valence-electron chi connectivity index (χ2n) is 5.87. The highest BCUT2D eigenvalue weighted by Gasteiger charge is 2.16. The quantitative estimate of drug-likeness (QED) is 0.516. The summed E-state index contributed by atoms with van der Waals surface area (Å²) < 4.78 is 7.00. The van der Waals surface area contributed by atoms with E-state index in [0.29, 0.717) is 22.8 Å². The molecule has 4 aromatic heterocycles. The van der Waals surface area contributed by atoms with Crippen LogP contribution in [0.1, 0.15) is 12.7 Å². The number of hydrogen-bond acceptors (Lipinski definition) is 6. The number of nitrogens with zero attached hydrogens (tertiary/aromatic N) is 5. The summed E-state index contributed by atoms with van der Waals surface area (Å²) in [4.78, 5) is 20.0. The molecule has 1 aromatic carbocycles. The summed E-state index contributed by atoms with van der Waals surface area (Å²) in [6, 6.07) is 7.11. The molecule has 0 aliphatic rings. The normalized spacial score (nSPS) is 11.6.